The van der Waals surface area contributed by atoms with Gasteiger partial charge in [-0.2, -0.15) is 18.2 Å². The van der Waals surface area contributed by atoms with Crippen LogP contribution in [0, 0.1) is 0 Å². The van der Waals surface area contributed by atoms with Crippen molar-refractivity contribution < 1.29 is 27.2 Å². The molecule has 0 radical (unpaired) electrons. The highest BCUT2D eigenvalue weighted by Crippen LogP contribution is 2.31. The van der Waals surface area contributed by atoms with Crippen LogP contribution in [0.15, 0.2) is 47.1 Å². The molecule has 0 bridgehead atoms. The minimum absolute atomic E-state index is 0.104. The lowest BCUT2D eigenvalue weighted by Crippen LogP contribution is -2.48. The summed E-state index contributed by atoms with van der Waals surface area (Å²) in [7, 11) is 1.51. The monoisotopic (exact) mass is 447 g/mol. The molecule has 1 amide bonds. The van der Waals surface area contributed by atoms with Gasteiger partial charge < -0.3 is 14.2 Å². The maximum Gasteiger partial charge on any atom is 0.416 e. The number of ether oxygens (including phenoxy) is 1. The van der Waals surface area contributed by atoms with E-state index in [4.69, 9.17) is 9.26 Å². The molecule has 0 aliphatic carbocycles. The van der Waals surface area contributed by atoms with Crippen LogP contribution in [0.3, 0.4) is 0 Å². The highest BCUT2D eigenvalue weighted by Gasteiger charge is 2.31. The number of rotatable bonds is 5. The van der Waals surface area contributed by atoms with Crippen LogP contribution in [0.25, 0.3) is 11.4 Å². The number of alkyl halides is 3. The minimum atomic E-state index is -4.44. The van der Waals surface area contributed by atoms with Crippen molar-refractivity contribution in [3.63, 3.8) is 0 Å². The first kappa shape index (κ1) is 21.8. The molecule has 32 heavy (non-hydrogen) atoms. The van der Waals surface area contributed by atoms with Gasteiger partial charge in [-0.3, -0.25) is 9.69 Å². The third-order valence-corrected chi connectivity index (χ3v) is 5.13. The van der Waals surface area contributed by atoms with Crippen LogP contribution in [-0.4, -0.2) is 64.1 Å². The van der Waals surface area contributed by atoms with Gasteiger partial charge in [0.25, 0.3) is 5.91 Å². The van der Waals surface area contributed by atoms with E-state index >= 15 is 0 Å². The van der Waals surface area contributed by atoms with Gasteiger partial charge in [-0.25, -0.2) is 4.98 Å². The van der Waals surface area contributed by atoms with Crippen molar-refractivity contribution in [2.45, 2.75) is 12.7 Å². The molecule has 0 saturated carbocycles. The predicted octanol–water partition coefficient (Wildman–Crippen LogP) is 3.12. The zero-order valence-electron chi connectivity index (χ0n) is 17.2. The van der Waals surface area contributed by atoms with E-state index < -0.39 is 11.7 Å². The fourth-order valence-electron chi connectivity index (χ4n) is 3.38. The Labute approximate surface area is 181 Å². The molecule has 168 valence electrons. The van der Waals surface area contributed by atoms with Gasteiger partial charge in [0.2, 0.25) is 17.6 Å². The molecule has 11 heteroatoms. The smallest absolute Gasteiger partial charge is 0.416 e. The molecule has 2 aromatic heterocycles. The number of halogens is 3. The second kappa shape index (κ2) is 8.95. The summed E-state index contributed by atoms with van der Waals surface area (Å²) in [4.78, 5) is 24.7. The first-order chi connectivity index (χ1) is 15.3. The second-order valence-electron chi connectivity index (χ2n) is 7.25. The van der Waals surface area contributed by atoms with E-state index in [0.29, 0.717) is 50.1 Å². The Morgan fingerprint density at radius 1 is 1.16 bits per heavy atom. The van der Waals surface area contributed by atoms with E-state index in [-0.39, 0.29) is 17.3 Å². The SMILES string of the molecule is COc1ccc(C(=O)N2CCN(Cc3nc(-c4cccc(C(F)(F)F)c4)no3)CC2)cn1. The molecule has 0 N–H and O–H groups in total. The lowest BCUT2D eigenvalue weighted by Gasteiger charge is -2.33. The third kappa shape index (κ3) is 4.88. The number of pyridine rings is 1. The van der Waals surface area contributed by atoms with Gasteiger partial charge >= 0.3 is 6.18 Å². The van der Waals surface area contributed by atoms with Crippen molar-refractivity contribution in [1.29, 1.82) is 0 Å². The van der Waals surface area contributed by atoms with E-state index in [0.717, 1.165) is 12.1 Å². The van der Waals surface area contributed by atoms with Crippen LogP contribution in [0.1, 0.15) is 21.8 Å². The van der Waals surface area contributed by atoms with Crippen LogP contribution < -0.4 is 4.74 Å². The van der Waals surface area contributed by atoms with Gasteiger partial charge in [-0.15, -0.1) is 0 Å². The van der Waals surface area contributed by atoms with Crippen LogP contribution in [0.4, 0.5) is 13.2 Å². The largest absolute Gasteiger partial charge is 0.481 e. The van der Waals surface area contributed by atoms with Crippen molar-refractivity contribution in [2.75, 3.05) is 33.3 Å². The lowest BCUT2D eigenvalue weighted by molar-refractivity contribution is -0.137. The summed E-state index contributed by atoms with van der Waals surface area (Å²) in [6, 6.07) is 8.11. The summed E-state index contributed by atoms with van der Waals surface area (Å²) in [5.41, 5.74) is -0.0468. The minimum Gasteiger partial charge on any atom is -0.481 e. The molecular formula is C21H20F3N5O3. The molecule has 0 spiro atoms. The number of aromatic nitrogens is 3. The van der Waals surface area contributed by atoms with Crippen molar-refractivity contribution in [3.05, 3.63) is 59.6 Å². The van der Waals surface area contributed by atoms with Crippen molar-refractivity contribution in [2.24, 2.45) is 0 Å². The number of methoxy groups -OCH3 is 1. The Balaban J connectivity index is 1.34. The summed E-state index contributed by atoms with van der Waals surface area (Å²) in [6.07, 6.45) is -2.96. The van der Waals surface area contributed by atoms with E-state index in [1.165, 1.54) is 25.4 Å². The van der Waals surface area contributed by atoms with Gasteiger partial charge in [-0.05, 0) is 18.2 Å². The van der Waals surface area contributed by atoms with E-state index in [9.17, 15) is 18.0 Å². The number of carbonyl (C=O) groups excluding carboxylic acids is 1. The van der Waals surface area contributed by atoms with Gasteiger partial charge in [0.1, 0.15) is 0 Å². The number of carbonyl (C=O) groups is 1. The quantitative estimate of drug-likeness (QED) is 0.594. The van der Waals surface area contributed by atoms with Crippen molar-refractivity contribution in [3.8, 4) is 17.3 Å². The summed E-state index contributed by atoms with van der Waals surface area (Å²) < 4.78 is 49.0. The first-order valence-electron chi connectivity index (χ1n) is 9.85. The molecule has 1 aliphatic heterocycles. The standard InChI is InChI=1S/C21H20F3N5O3/c1-31-17-6-5-15(12-25-17)20(30)29-9-7-28(8-10-29)13-18-26-19(27-32-18)14-3-2-4-16(11-14)21(22,23)24/h2-6,11-12H,7-10,13H2,1H3. The van der Waals surface area contributed by atoms with Crippen LogP contribution in [-0.2, 0) is 12.7 Å². The molecule has 3 aromatic rings. The Bertz CT molecular complexity index is 1080. The van der Waals surface area contributed by atoms with Gasteiger partial charge in [-0.1, -0.05) is 17.3 Å². The maximum absolute atomic E-state index is 12.9. The fraction of sp³-hybridized carbons (Fsp3) is 0.333. The maximum atomic E-state index is 12.9. The molecule has 1 fully saturated rings. The number of hydrogen-bond acceptors (Lipinski definition) is 7. The summed E-state index contributed by atoms with van der Waals surface area (Å²) in [5.74, 6) is 0.739. The van der Waals surface area contributed by atoms with Crippen LogP contribution >= 0.6 is 0 Å². The number of benzene rings is 1. The number of amides is 1. The van der Waals surface area contributed by atoms with E-state index in [1.54, 1.807) is 17.0 Å². The van der Waals surface area contributed by atoms with Gasteiger partial charge in [0.05, 0.1) is 24.8 Å². The molecule has 8 nitrogen and oxygen atoms in total. The van der Waals surface area contributed by atoms with Gasteiger partial charge in [0.15, 0.2) is 0 Å². The van der Waals surface area contributed by atoms with Crippen LogP contribution in [0.5, 0.6) is 5.88 Å². The van der Waals surface area contributed by atoms with E-state index in [2.05, 4.69) is 15.1 Å². The summed E-state index contributed by atoms with van der Waals surface area (Å²) in [5, 5.41) is 3.81. The number of hydrogen-bond donors (Lipinski definition) is 0. The number of piperazine rings is 1. The Morgan fingerprint density at radius 3 is 2.59 bits per heavy atom. The second-order valence-corrected chi connectivity index (χ2v) is 7.25. The van der Waals surface area contributed by atoms with Crippen LogP contribution in [0.2, 0.25) is 0 Å². The fourth-order valence-corrected chi connectivity index (χ4v) is 3.38. The molecule has 1 saturated heterocycles. The Hall–Kier alpha value is -3.47. The predicted molar refractivity (Wildman–Crippen MR) is 107 cm³/mol. The zero-order valence-corrected chi connectivity index (χ0v) is 17.2. The molecule has 3 heterocycles. The number of nitrogens with zero attached hydrogens (tertiary/aromatic N) is 5. The Morgan fingerprint density at radius 2 is 1.94 bits per heavy atom. The van der Waals surface area contributed by atoms with E-state index in [1.807, 2.05) is 4.90 Å². The molecule has 1 aromatic carbocycles. The summed E-state index contributed by atoms with van der Waals surface area (Å²) in [6.45, 7) is 2.56. The highest BCUT2D eigenvalue weighted by molar-refractivity contribution is 5.94. The Kier molecular flexibility index (Phi) is 6.08. The van der Waals surface area contributed by atoms with Gasteiger partial charge in [0, 0.05) is 44.0 Å². The highest BCUT2D eigenvalue weighted by atomic mass is 19.4. The lowest BCUT2D eigenvalue weighted by atomic mass is 10.1. The third-order valence-electron chi connectivity index (χ3n) is 5.13. The zero-order chi connectivity index (χ0) is 22.7. The molecule has 1 aliphatic rings. The summed E-state index contributed by atoms with van der Waals surface area (Å²) >= 11 is 0. The first-order valence-corrected chi connectivity index (χ1v) is 9.85. The molecule has 0 atom stereocenters. The molecular weight excluding hydrogens is 427 g/mol. The molecule has 4 rings (SSSR count). The normalized spacial score (nSPS) is 15.1. The van der Waals surface area contributed by atoms with Crippen molar-refractivity contribution >= 4 is 5.91 Å². The average Bonchev–Trinajstić information content (AvgIpc) is 3.27. The topological polar surface area (TPSA) is 84.6 Å². The molecule has 0 unspecified atom stereocenters. The average molecular weight is 447 g/mol. The van der Waals surface area contributed by atoms with Crippen molar-refractivity contribution in [1.82, 2.24) is 24.9 Å².